The van der Waals surface area contributed by atoms with E-state index in [0.29, 0.717) is 40.2 Å². The molecule has 0 atom stereocenters. The van der Waals surface area contributed by atoms with Gasteiger partial charge in [0.1, 0.15) is 12.4 Å². The third-order valence-corrected chi connectivity index (χ3v) is 7.71. The van der Waals surface area contributed by atoms with Gasteiger partial charge in [-0.2, -0.15) is 0 Å². The van der Waals surface area contributed by atoms with E-state index >= 15 is 0 Å². The number of amides is 1. The van der Waals surface area contributed by atoms with Crippen LogP contribution in [-0.4, -0.2) is 70.7 Å². The smallest absolute Gasteiger partial charge is 0.269 e. The van der Waals surface area contributed by atoms with Gasteiger partial charge >= 0.3 is 0 Å². The van der Waals surface area contributed by atoms with Gasteiger partial charge in [0.2, 0.25) is 0 Å². The van der Waals surface area contributed by atoms with Gasteiger partial charge in [-0.1, -0.05) is 6.42 Å². The summed E-state index contributed by atoms with van der Waals surface area (Å²) in [6.45, 7) is 3.69. The Morgan fingerprint density at radius 1 is 0.750 bits per heavy atom. The molecule has 2 aliphatic rings. The molecule has 2 aliphatic heterocycles. The molecule has 0 N–H and O–H groups in total. The van der Waals surface area contributed by atoms with Crippen LogP contribution in [0.25, 0.3) is 12.2 Å². The van der Waals surface area contributed by atoms with Gasteiger partial charge in [-0.3, -0.25) is 34.7 Å². The van der Waals surface area contributed by atoms with E-state index in [4.69, 9.17) is 4.74 Å². The van der Waals surface area contributed by atoms with Crippen molar-refractivity contribution in [1.29, 1.82) is 0 Å². The number of ketones is 1. The Bertz CT molecular complexity index is 1510. The SMILES string of the molecule is O=C1C(=Cc2ccc([N+](=O)[O-])cc2)CN(C(=O)c2ccc(OCCN3CCCCC3)cc2)CC1=Cc1ccc([N+](=O)[O-])cc1. The van der Waals surface area contributed by atoms with E-state index in [1.165, 1.54) is 43.5 Å². The van der Waals surface area contributed by atoms with Crippen molar-refractivity contribution in [3.8, 4) is 5.75 Å². The van der Waals surface area contributed by atoms with Gasteiger partial charge in [0.15, 0.2) is 5.78 Å². The first-order valence-corrected chi connectivity index (χ1v) is 14.5. The van der Waals surface area contributed by atoms with Crippen molar-refractivity contribution in [3.05, 3.63) is 121 Å². The summed E-state index contributed by atoms with van der Waals surface area (Å²) < 4.78 is 5.90. The van der Waals surface area contributed by atoms with Crippen LogP contribution in [0.1, 0.15) is 40.7 Å². The summed E-state index contributed by atoms with van der Waals surface area (Å²) in [4.78, 5) is 52.2. The Kier molecular flexibility index (Phi) is 9.56. The van der Waals surface area contributed by atoms with Crippen molar-refractivity contribution >= 4 is 35.2 Å². The van der Waals surface area contributed by atoms with Crippen LogP contribution >= 0.6 is 0 Å². The average Bonchev–Trinajstić information content (AvgIpc) is 3.04. The summed E-state index contributed by atoms with van der Waals surface area (Å²) >= 11 is 0. The second-order valence-electron chi connectivity index (χ2n) is 10.8. The molecule has 226 valence electrons. The number of nitro groups is 2. The molecular weight excluding hydrogens is 564 g/mol. The highest BCUT2D eigenvalue weighted by Crippen LogP contribution is 2.26. The van der Waals surface area contributed by atoms with Crippen molar-refractivity contribution in [3.63, 3.8) is 0 Å². The maximum absolute atomic E-state index is 13.6. The summed E-state index contributed by atoms with van der Waals surface area (Å²) in [5, 5.41) is 22.1. The monoisotopic (exact) mass is 596 g/mol. The molecule has 0 radical (unpaired) electrons. The van der Waals surface area contributed by atoms with Crippen LogP contribution < -0.4 is 4.74 Å². The fourth-order valence-corrected chi connectivity index (χ4v) is 5.32. The molecule has 0 bridgehead atoms. The van der Waals surface area contributed by atoms with Crippen LogP contribution in [0, 0.1) is 20.2 Å². The van der Waals surface area contributed by atoms with Crippen molar-refractivity contribution in [2.45, 2.75) is 19.3 Å². The van der Waals surface area contributed by atoms with Crippen molar-refractivity contribution in [1.82, 2.24) is 9.80 Å². The molecule has 11 nitrogen and oxygen atoms in total. The van der Waals surface area contributed by atoms with E-state index in [2.05, 4.69) is 4.90 Å². The lowest BCUT2D eigenvalue weighted by Crippen LogP contribution is -2.41. The standard InChI is InChI=1S/C33H32N4O7/c38-32-27(20-24-4-10-29(11-5-24)36(40)41)22-35(23-28(32)21-25-6-12-30(13-7-25)37(42)43)33(39)26-8-14-31(15-9-26)44-19-18-34-16-2-1-3-17-34/h4-15,20-21H,1-3,16-19,22-23H2. The topological polar surface area (TPSA) is 136 Å². The zero-order valence-electron chi connectivity index (χ0n) is 24.1. The Morgan fingerprint density at radius 2 is 1.25 bits per heavy atom. The number of likely N-dealkylation sites (tertiary alicyclic amines) is 2. The largest absolute Gasteiger partial charge is 0.492 e. The van der Waals surface area contributed by atoms with Gasteiger partial charge in [-0.05, 0) is 97.7 Å². The first kappa shape index (κ1) is 30.3. The number of hydrogen-bond acceptors (Lipinski definition) is 8. The van der Waals surface area contributed by atoms with Crippen LogP contribution in [0.3, 0.4) is 0 Å². The van der Waals surface area contributed by atoms with Gasteiger partial charge in [0.25, 0.3) is 17.3 Å². The van der Waals surface area contributed by atoms with Crippen LogP contribution in [0.15, 0.2) is 83.9 Å². The molecule has 0 unspecified atom stereocenters. The van der Waals surface area contributed by atoms with Gasteiger partial charge in [-0.15, -0.1) is 0 Å². The molecule has 3 aromatic carbocycles. The lowest BCUT2D eigenvalue weighted by atomic mass is 9.93. The number of piperidine rings is 2. The fourth-order valence-electron chi connectivity index (χ4n) is 5.32. The molecule has 0 saturated carbocycles. The van der Waals surface area contributed by atoms with E-state index in [0.717, 1.165) is 19.6 Å². The lowest BCUT2D eigenvalue weighted by Gasteiger charge is -2.30. The molecule has 44 heavy (non-hydrogen) atoms. The maximum Gasteiger partial charge on any atom is 0.269 e. The number of nitrogens with zero attached hydrogens (tertiary/aromatic N) is 4. The van der Waals surface area contributed by atoms with Gasteiger partial charge in [0, 0.05) is 47.5 Å². The molecule has 0 aliphatic carbocycles. The summed E-state index contributed by atoms with van der Waals surface area (Å²) in [7, 11) is 0. The Morgan fingerprint density at radius 3 is 1.73 bits per heavy atom. The van der Waals surface area contributed by atoms with Gasteiger partial charge < -0.3 is 9.64 Å². The number of rotatable bonds is 9. The highest BCUT2D eigenvalue weighted by molar-refractivity contribution is 6.15. The van der Waals surface area contributed by atoms with Crippen LogP contribution in [-0.2, 0) is 4.79 Å². The Labute approximate surface area is 254 Å². The molecule has 2 fully saturated rings. The number of non-ortho nitro benzene ring substituents is 2. The number of carbonyl (C=O) groups is 2. The van der Waals surface area contributed by atoms with E-state index in [1.54, 1.807) is 65.6 Å². The summed E-state index contributed by atoms with van der Waals surface area (Å²) in [5.41, 5.74) is 2.12. The van der Waals surface area contributed by atoms with E-state index in [9.17, 15) is 29.8 Å². The van der Waals surface area contributed by atoms with Crippen molar-refractivity contribution < 1.29 is 24.2 Å². The van der Waals surface area contributed by atoms with Gasteiger partial charge in [0.05, 0.1) is 22.9 Å². The quantitative estimate of drug-likeness (QED) is 0.178. The molecule has 11 heteroatoms. The first-order valence-electron chi connectivity index (χ1n) is 14.5. The summed E-state index contributed by atoms with van der Waals surface area (Å²) in [6, 6.07) is 18.5. The third-order valence-electron chi connectivity index (χ3n) is 7.71. The van der Waals surface area contributed by atoms with Crippen molar-refractivity contribution in [2.75, 3.05) is 39.3 Å². The minimum atomic E-state index is -0.501. The molecule has 2 saturated heterocycles. The van der Waals surface area contributed by atoms with Crippen LogP contribution in [0.2, 0.25) is 0 Å². The molecule has 0 spiro atoms. The lowest BCUT2D eigenvalue weighted by molar-refractivity contribution is -0.385. The van der Waals surface area contributed by atoms with Crippen molar-refractivity contribution in [2.24, 2.45) is 0 Å². The number of ether oxygens (including phenoxy) is 1. The number of nitro benzene ring substituents is 2. The Hall–Kier alpha value is -5.16. The van der Waals surface area contributed by atoms with E-state index in [1.807, 2.05) is 0 Å². The summed E-state index contributed by atoms with van der Waals surface area (Å²) in [6.07, 6.45) is 6.95. The van der Waals surface area contributed by atoms with E-state index < -0.39 is 9.85 Å². The molecule has 2 heterocycles. The second kappa shape index (κ2) is 13.9. The predicted octanol–water partition coefficient (Wildman–Crippen LogP) is 5.56. The summed E-state index contributed by atoms with van der Waals surface area (Å²) in [5.74, 6) is 0.120. The molecule has 5 rings (SSSR count). The zero-order chi connectivity index (χ0) is 31.1. The maximum atomic E-state index is 13.6. The number of Topliss-reactive ketones (excluding diaryl/α,β-unsaturated/α-hetero) is 1. The normalized spacial score (nSPS) is 17.5. The number of hydrogen-bond donors (Lipinski definition) is 0. The minimum Gasteiger partial charge on any atom is -0.492 e. The fraction of sp³-hybridized carbons (Fsp3) is 0.273. The number of benzene rings is 3. The highest BCUT2D eigenvalue weighted by Gasteiger charge is 2.30. The third kappa shape index (κ3) is 7.61. The predicted molar refractivity (Wildman–Crippen MR) is 165 cm³/mol. The highest BCUT2D eigenvalue weighted by atomic mass is 16.6. The second-order valence-corrected chi connectivity index (χ2v) is 10.8. The zero-order valence-corrected chi connectivity index (χ0v) is 24.1. The molecule has 1 amide bonds. The van der Waals surface area contributed by atoms with Crippen LogP contribution in [0.4, 0.5) is 11.4 Å². The van der Waals surface area contributed by atoms with E-state index in [-0.39, 0.29) is 36.2 Å². The minimum absolute atomic E-state index is 0.0420. The molecular formula is C33H32N4O7. The van der Waals surface area contributed by atoms with Gasteiger partial charge in [-0.25, -0.2) is 0 Å². The number of carbonyl (C=O) groups excluding carboxylic acids is 2. The first-order chi connectivity index (χ1) is 21.3. The molecule has 0 aromatic heterocycles. The average molecular weight is 597 g/mol. The Balaban J connectivity index is 1.35. The van der Waals surface area contributed by atoms with Crippen LogP contribution in [0.5, 0.6) is 5.75 Å². The molecule has 3 aromatic rings.